The third-order valence-electron chi connectivity index (χ3n) is 6.46. The number of benzene rings is 2. The number of hydrogen-bond donors (Lipinski definition) is 0. The molecule has 4 rings (SSSR count). The SMILES string of the molecule is CC(C)(C)OC(=O)N1CC[C@H](C(=O)N2C(=O)OC[C@@H]2Cc2ccccc2)[C@@H](c2ccc(F)cc2F)C1. The van der Waals surface area contributed by atoms with Gasteiger partial charge in [0, 0.05) is 31.0 Å². The first-order valence-electron chi connectivity index (χ1n) is 12.0. The third kappa shape index (κ3) is 5.66. The van der Waals surface area contributed by atoms with Gasteiger partial charge in [-0.3, -0.25) is 4.79 Å². The molecule has 2 heterocycles. The third-order valence-corrected chi connectivity index (χ3v) is 6.46. The maximum atomic E-state index is 14.9. The molecule has 2 aliphatic heterocycles. The Morgan fingerprint density at radius 1 is 1.11 bits per heavy atom. The van der Waals surface area contributed by atoms with E-state index in [1.807, 2.05) is 30.3 Å². The highest BCUT2D eigenvalue weighted by Crippen LogP contribution is 2.37. The van der Waals surface area contributed by atoms with Crippen LogP contribution in [0.15, 0.2) is 48.5 Å². The fourth-order valence-electron chi connectivity index (χ4n) is 4.80. The summed E-state index contributed by atoms with van der Waals surface area (Å²) in [6, 6.07) is 12.1. The van der Waals surface area contributed by atoms with Gasteiger partial charge >= 0.3 is 12.2 Å². The van der Waals surface area contributed by atoms with Crippen molar-refractivity contribution in [1.29, 1.82) is 0 Å². The minimum absolute atomic E-state index is 0.0138. The summed E-state index contributed by atoms with van der Waals surface area (Å²) in [6.07, 6.45) is -0.719. The fourth-order valence-corrected chi connectivity index (χ4v) is 4.80. The van der Waals surface area contributed by atoms with Crippen molar-refractivity contribution < 1.29 is 32.6 Å². The van der Waals surface area contributed by atoms with E-state index in [1.54, 1.807) is 20.8 Å². The van der Waals surface area contributed by atoms with Gasteiger partial charge in [0.25, 0.3) is 0 Å². The van der Waals surface area contributed by atoms with E-state index in [9.17, 15) is 23.2 Å². The average molecular weight is 501 g/mol. The molecule has 0 saturated carbocycles. The van der Waals surface area contributed by atoms with Crippen LogP contribution < -0.4 is 0 Å². The van der Waals surface area contributed by atoms with Crippen LogP contribution in [-0.2, 0) is 20.7 Å². The number of carbonyl (C=O) groups excluding carboxylic acids is 3. The van der Waals surface area contributed by atoms with E-state index >= 15 is 0 Å². The summed E-state index contributed by atoms with van der Waals surface area (Å²) in [5.74, 6) is -3.66. The monoisotopic (exact) mass is 500 g/mol. The number of nitrogens with zero attached hydrogens (tertiary/aromatic N) is 2. The largest absolute Gasteiger partial charge is 0.447 e. The van der Waals surface area contributed by atoms with E-state index in [4.69, 9.17) is 9.47 Å². The second-order valence-corrected chi connectivity index (χ2v) is 10.2. The number of carbonyl (C=O) groups is 3. The molecule has 0 bridgehead atoms. The highest BCUT2D eigenvalue weighted by molar-refractivity contribution is 5.95. The molecule has 0 radical (unpaired) electrons. The summed E-state index contributed by atoms with van der Waals surface area (Å²) in [6.45, 7) is 5.46. The molecule has 2 aromatic rings. The predicted octanol–water partition coefficient (Wildman–Crippen LogP) is 4.90. The molecule has 9 heteroatoms. The Morgan fingerprint density at radius 2 is 1.83 bits per heavy atom. The van der Waals surface area contributed by atoms with Gasteiger partial charge in [-0.2, -0.15) is 0 Å². The van der Waals surface area contributed by atoms with Gasteiger partial charge < -0.3 is 14.4 Å². The van der Waals surface area contributed by atoms with Crippen LogP contribution in [0.25, 0.3) is 0 Å². The molecule has 7 nitrogen and oxygen atoms in total. The molecule has 0 aliphatic carbocycles. The zero-order valence-corrected chi connectivity index (χ0v) is 20.6. The van der Waals surface area contributed by atoms with Crippen LogP contribution in [0.2, 0.25) is 0 Å². The maximum absolute atomic E-state index is 14.9. The highest BCUT2D eigenvalue weighted by Gasteiger charge is 2.46. The number of hydrogen-bond acceptors (Lipinski definition) is 5. The Kier molecular flexibility index (Phi) is 7.28. The van der Waals surface area contributed by atoms with Crippen LogP contribution >= 0.6 is 0 Å². The van der Waals surface area contributed by atoms with E-state index < -0.39 is 53.2 Å². The lowest BCUT2D eigenvalue weighted by atomic mass is 9.79. The number of likely N-dealkylation sites (tertiary alicyclic amines) is 1. The molecule has 3 amide bonds. The normalized spacial score (nSPS) is 22.4. The van der Waals surface area contributed by atoms with E-state index in [1.165, 1.54) is 11.0 Å². The molecular weight excluding hydrogens is 470 g/mol. The summed E-state index contributed by atoms with van der Waals surface area (Å²) in [7, 11) is 0. The van der Waals surface area contributed by atoms with E-state index in [-0.39, 0.29) is 31.7 Å². The fraction of sp³-hybridized carbons (Fsp3) is 0.444. The quantitative estimate of drug-likeness (QED) is 0.597. The standard InChI is InChI=1S/C27H30F2N2O5/c1-27(2,3)36-25(33)30-12-11-21(22(15-30)20-10-9-18(28)14-23(20)29)24(32)31-19(16-35-26(31)34)13-17-7-5-4-6-8-17/h4-10,14,19,21-22H,11-13,15-16H2,1-3H3/t19-,21-,22+/m0/s1. The van der Waals surface area contributed by atoms with Gasteiger partial charge in [0.2, 0.25) is 5.91 Å². The van der Waals surface area contributed by atoms with Gasteiger partial charge in [-0.15, -0.1) is 0 Å². The predicted molar refractivity (Wildman–Crippen MR) is 127 cm³/mol. The lowest BCUT2D eigenvalue weighted by molar-refractivity contribution is -0.135. The second kappa shape index (κ2) is 10.2. The number of rotatable bonds is 4. The van der Waals surface area contributed by atoms with Crippen LogP contribution in [0, 0.1) is 17.6 Å². The molecule has 0 aromatic heterocycles. The van der Waals surface area contributed by atoms with E-state index in [2.05, 4.69) is 0 Å². The minimum Gasteiger partial charge on any atom is -0.447 e. The maximum Gasteiger partial charge on any atom is 0.416 e. The Bertz CT molecular complexity index is 1130. The zero-order chi connectivity index (χ0) is 26.0. The van der Waals surface area contributed by atoms with Gasteiger partial charge in [-0.25, -0.2) is 23.3 Å². The lowest BCUT2D eigenvalue weighted by Gasteiger charge is -2.40. The molecule has 36 heavy (non-hydrogen) atoms. The Labute approximate surface area is 209 Å². The van der Waals surface area contributed by atoms with E-state index in [0.29, 0.717) is 6.42 Å². The molecule has 0 N–H and O–H groups in total. The zero-order valence-electron chi connectivity index (χ0n) is 20.6. The Morgan fingerprint density at radius 3 is 2.50 bits per heavy atom. The number of piperidine rings is 1. The molecule has 0 spiro atoms. The van der Waals surface area contributed by atoms with Crippen molar-refractivity contribution in [1.82, 2.24) is 9.80 Å². The first-order valence-corrected chi connectivity index (χ1v) is 12.0. The molecule has 2 aliphatic rings. The van der Waals surface area contributed by atoms with Crippen LogP contribution in [0.1, 0.15) is 44.2 Å². The second-order valence-electron chi connectivity index (χ2n) is 10.2. The lowest BCUT2D eigenvalue weighted by Crippen LogP contribution is -2.51. The van der Waals surface area contributed by atoms with Gasteiger partial charge in [-0.1, -0.05) is 36.4 Å². The van der Waals surface area contributed by atoms with Crippen molar-refractivity contribution in [2.75, 3.05) is 19.7 Å². The van der Waals surface area contributed by atoms with Crippen molar-refractivity contribution in [2.24, 2.45) is 5.92 Å². The summed E-state index contributed by atoms with van der Waals surface area (Å²) in [5, 5.41) is 0. The van der Waals surface area contributed by atoms with Crippen molar-refractivity contribution in [3.63, 3.8) is 0 Å². The van der Waals surface area contributed by atoms with Crippen LogP contribution in [0.5, 0.6) is 0 Å². The minimum atomic E-state index is -0.812. The van der Waals surface area contributed by atoms with Gasteiger partial charge in [0.05, 0.1) is 6.04 Å². The van der Waals surface area contributed by atoms with E-state index in [0.717, 1.165) is 22.6 Å². The average Bonchev–Trinajstić information content (AvgIpc) is 3.17. The van der Waals surface area contributed by atoms with Crippen LogP contribution in [0.4, 0.5) is 18.4 Å². The molecule has 192 valence electrons. The van der Waals surface area contributed by atoms with Crippen molar-refractivity contribution in [3.8, 4) is 0 Å². The summed E-state index contributed by atoms with van der Waals surface area (Å²) < 4.78 is 39.2. The highest BCUT2D eigenvalue weighted by atomic mass is 19.1. The first kappa shape index (κ1) is 25.6. The molecule has 0 unspecified atom stereocenters. The molecule has 3 atom stereocenters. The molecule has 2 aromatic carbocycles. The number of imide groups is 1. The van der Waals surface area contributed by atoms with Crippen LogP contribution in [0.3, 0.4) is 0 Å². The summed E-state index contributed by atoms with van der Waals surface area (Å²) >= 11 is 0. The van der Waals surface area contributed by atoms with Gasteiger partial charge in [0.15, 0.2) is 0 Å². The smallest absolute Gasteiger partial charge is 0.416 e. The van der Waals surface area contributed by atoms with Crippen molar-refractivity contribution in [2.45, 2.75) is 51.2 Å². The Balaban J connectivity index is 1.62. The summed E-state index contributed by atoms with van der Waals surface area (Å²) in [5.41, 5.74) is 0.319. The van der Waals surface area contributed by atoms with Gasteiger partial charge in [-0.05, 0) is 50.8 Å². The number of halogens is 2. The van der Waals surface area contributed by atoms with Crippen molar-refractivity contribution >= 4 is 18.1 Å². The number of cyclic esters (lactones) is 1. The Hall–Kier alpha value is -3.49. The van der Waals surface area contributed by atoms with Gasteiger partial charge in [0.1, 0.15) is 23.8 Å². The first-order chi connectivity index (χ1) is 17.0. The molecule has 2 fully saturated rings. The number of amides is 3. The molecule has 2 saturated heterocycles. The summed E-state index contributed by atoms with van der Waals surface area (Å²) in [4.78, 5) is 41.7. The topological polar surface area (TPSA) is 76.2 Å². The van der Waals surface area contributed by atoms with Crippen molar-refractivity contribution in [3.05, 3.63) is 71.3 Å². The number of ether oxygens (including phenoxy) is 2. The molecular formula is C27H30F2N2O5. The van der Waals surface area contributed by atoms with Crippen LogP contribution in [-0.4, -0.2) is 59.2 Å².